The van der Waals surface area contributed by atoms with Gasteiger partial charge < -0.3 is 15.8 Å². The second-order valence-electron chi connectivity index (χ2n) is 3.60. The lowest BCUT2D eigenvalue weighted by molar-refractivity contribution is 0.291. The van der Waals surface area contributed by atoms with Crippen LogP contribution in [0.1, 0.15) is 19.8 Å². The zero-order valence-corrected chi connectivity index (χ0v) is 9.63. The van der Waals surface area contributed by atoms with E-state index in [0.717, 1.165) is 25.9 Å². The number of anilines is 1. The molecule has 0 aliphatic carbocycles. The van der Waals surface area contributed by atoms with Crippen LogP contribution in [0.5, 0.6) is 5.75 Å². The summed E-state index contributed by atoms with van der Waals surface area (Å²) < 4.78 is 18.6. The van der Waals surface area contributed by atoms with Gasteiger partial charge in [0, 0.05) is 11.8 Å². The molecular weight excluding hydrogens is 207 g/mol. The molecule has 0 saturated carbocycles. The Morgan fingerprint density at radius 2 is 2.19 bits per heavy atom. The highest BCUT2D eigenvalue weighted by atomic mass is 19.1. The number of nitrogen functional groups attached to an aromatic ring is 1. The Hall–Kier alpha value is -1.29. The molecule has 0 saturated heterocycles. The fourth-order valence-corrected chi connectivity index (χ4v) is 1.35. The molecule has 0 aromatic heterocycles. The Labute approximate surface area is 95.8 Å². The highest BCUT2D eigenvalue weighted by Crippen LogP contribution is 2.19. The molecule has 4 heteroatoms. The summed E-state index contributed by atoms with van der Waals surface area (Å²) in [7, 11) is 0. The van der Waals surface area contributed by atoms with Crippen molar-refractivity contribution in [3.8, 4) is 5.75 Å². The van der Waals surface area contributed by atoms with Gasteiger partial charge in [0.1, 0.15) is 0 Å². The molecule has 1 aromatic rings. The number of hydrogen-bond donors (Lipinski definition) is 2. The van der Waals surface area contributed by atoms with E-state index < -0.39 is 5.82 Å². The number of ether oxygens (including phenoxy) is 1. The number of rotatable bonds is 7. The van der Waals surface area contributed by atoms with Crippen molar-refractivity contribution in [1.82, 2.24) is 5.32 Å². The molecule has 0 unspecified atom stereocenters. The number of benzene rings is 1. The second-order valence-corrected chi connectivity index (χ2v) is 3.60. The van der Waals surface area contributed by atoms with E-state index >= 15 is 0 Å². The van der Waals surface area contributed by atoms with Gasteiger partial charge in [0.25, 0.3) is 0 Å². The first-order chi connectivity index (χ1) is 7.74. The molecule has 0 aliphatic rings. The van der Waals surface area contributed by atoms with Gasteiger partial charge in [-0.15, -0.1) is 0 Å². The van der Waals surface area contributed by atoms with Gasteiger partial charge in [-0.2, -0.15) is 0 Å². The fraction of sp³-hybridized carbons (Fsp3) is 0.500. The molecule has 0 spiro atoms. The molecule has 0 atom stereocenters. The van der Waals surface area contributed by atoms with Crippen LogP contribution in [0.4, 0.5) is 10.1 Å². The summed E-state index contributed by atoms with van der Waals surface area (Å²) in [6.45, 7) is 4.56. The zero-order chi connectivity index (χ0) is 11.8. The first-order valence-electron chi connectivity index (χ1n) is 5.62. The quantitative estimate of drug-likeness (QED) is 0.553. The second kappa shape index (κ2) is 7.06. The lowest BCUT2D eigenvalue weighted by Gasteiger charge is -2.07. The summed E-state index contributed by atoms with van der Waals surface area (Å²) in [6, 6.07) is 4.47. The molecule has 0 amide bonds. The largest absolute Gasteiger partial charge is 0.491 e. The van der Waals surface area contributed by atoms with E-state index in [9.17, 15) is 4.39 Å². The van der Waals surface area contributed by atoms with Crippen LogP contribution < -0.4 is 15.8 Å². The minimum absolute atomic E-state index is 0.276. The van der Waals surface area contributed by atoms with Gasteiger partial charge in [-0.05, 0) is 38.1 Å². The summed E-state index contributed by atoms with van der Waals surface area (Å²) in [5.41, 5.74) is 5.85. The van der Waals surface area contributed by atoms with Crippen LogP contribution in [0.3, 0.4) is 0 Å². The maximum atomic E-state index is 13.3. The van der Waals surface area contributed by atoms with Gasteiger partial charge in [0.2, 0.25) is 0 Å². The Kier molecular flexibility index (Phi) is 5.64. The van der Waals surface area contributed by atoms with Crippen molar-refractivity contribution in [1.29, 1.82) is 0 Å². The number of unbranched alkanes of at least 4 members (excludes halogenated alkanes) is 1. The van der Waals surface area contributed by atoms with E-state index in [1.807, 2.05) is 0 Å². The summed E-state index contributed by atoms with van der Waals surface area (Å²) in [4.78, 5) is 0. The highest BCUT2D eigenvalue weighted by molar-refractivity contribution is 5.42. The first-order valence-corrected chi connectivity index (χ1v) is 5.62. The summed E-state index contributed by atoms with van der Waals surface area (Å²) in [5.74, 6) is -0.121. The molecule has 0 bridgehead atoms. The molecule has 3 nitrogen and oxygen atoms in total. The van der Waals surface area contributed by atoms with Crippen molar-refractivity contribution in [2.75, 3.05) is 25.4 Å². The number of halogens is 1. The van der Waals surface area contributed by atoms with Crippen molar-refractivity contribution in [3.05, 3.63) is 24.0 Å². The minimum atomic E-state index is -0.397. The third-order valence-corrected chi connectivity index (χ3v) is 2.21. The van der Waals surface area contributed by atoms with Gasteiger partial charge in [-0.25, -0.2) is 4.39 Å². The Bertz CT molecular complexity index is 318. The maximum absolute atomic E-state index is 13.3. The van der Waals surface area contributed by atoms with E-state index in [0.29, 0.717) is 12.3 Å². The van der Waals surface area contributed by atoms with E-state index in [2.05, 4.69) is 12.2 Å². The molecular formula is C12H19FN2O. The van der Waals surface area contributed by atoms with Crippen molar-refractivity contribution in [2.45, 2.75) is 19.8 Å². The molecule has 16 heavy (non-hydrogen) atoms. The lowest BCUT2D eigenvalue weighted by Crippen LogP contribution is -2.14. The Balaban J connectivity index is 2.21. The van der Waals surface area contributed by atoms with Crippen LogP contribution in [-0.2, 0) is 0 Å². The van der Waals surface area contributed by atoms with Gasteiger partial charge in [0.15, 0.2) is 11.6 Å². The van der Waals surface area contributed by atoms with Crippen LogP contribution in [-0.4, -0.2) is 19.7 Å². The first kappa shape index (κ1) is 12.8. The Morgan fingerprint density at radius 3 is 2.88 bits per heavy atom. The SMILES string of the molecule is CCNCCCCOc1ccc(N)cc1F. The van der Waals surface area contributed by atoms with E-state index in [4.69, 9.17) is 10.5 Å². The van der Waals surface area contributed by atoms with Crippen LogP contribution in [0.25, 0.3) is 0 Å². The molecule has 1 aromatic carbocycles. The summed E-state index contributed by atoms with van der Waals surface area (Å²) >= 11 is 0. The van der Waals surface area contributed by atoms with Crippen LogP contribution in [0, 0.1) is 5.82 Å². The average Bonchev–Trinajstić information content (AvgIpc) is 2.26. The number of nitrogens with one attached hydrogen (secondary N) is 1. The normalized spacial score (nSPS) is 10.4. The smallest absolute Gasteiger partial charge is 0.167 e. The van der Waals surface area contributed by atoms with Crippen molar-refractivity contribution >= 4 is 5.69 Å². The average molecular weight is 226 g/mol. The Morgan fingerprint density at radius 1 is 1.38 bits per heavy atom. The molecule has 0 aliphatic heterocycles. The summed E-state index contributed by atoms with van der Waals surface area (Å²) in [6.07, 6.45) is 1.95. The van der Waals surface area contributed by atoms with Gasteiger partial charge in [-0.3, -0.25) is 0 Å². The number of hydrogen-bond acceptors (Lipinski definition) is 3. The van der Waals surface area contributed by atoms with Crippen LogP contribution in [0.2, 0.25) is 0 Å². The fourth-order valence-electron chi connectivity index (χ4n) is 1.35. The molecule has 0 radical (unpaired) electrons. The predicted octanol–water partition coefficient (Wildman–Crippen LogP) is 2.18. The topological polar surface area (TPSA) is 47.3 Å². The number of nitrogens with two attached hydrogens (primary N) is 1. The zero-order valence-electron chi connectivity index (χ0n) is 9.63. The molecule has 90 valence electrons. The third kappa shape index (κ3) is 4.49. The van der Waals surface area contributed by atoms with Crippen LogP contribution in [0.15, 0.2) is 18.2 Å². The lowest BCUT2D eigenvalue weighted by atomic mass is 10.3. The molecule has 3 N–H and O–H groups in total. The predicted molar refractivity (Wildman–Crippen MR) is 64.1 cm³/mol. The highest BCUT2D eigenvalue weighted by Gasteiger charge is 2.02. The van der Waals surface area contributed by atoms with Crippen LogP contribution >= 0.6 is 0 Å². The van der Waals surface area contributed by atoms with Crippen molar-refractivity contribution in [2.24, 2.45) is 0 Å². The van der Waals surface area contributed by atoms with Crippen molar-refractivity contribution in [3.63, 3.8) is 0 Å². The molecule has 0 fully saturated rings. The third-order valence-electron chi connectivity index (χ3n) is 2.21. The maximum Gasteiger partial charge on any atom is 0.167 e. The molecule has 1 rings (SSSR count). The van der Waals surface area contributed by atoms with E-state index in [1.54, 1.807) is 12.1 Å². The van der Waals surface area contributed by atoms with E-state index in [1.165, 1.54) is 6.07 Å². The van der Waals surface area contributed by atoms with Gasteiger partial charge in [0.05, 0.1) is 6.61 Å². The summed E-state index contributed by atoms with van der Waals surface area (Å²) in [5, 5.41) is 3.22. The van der Waals surface area contributed by atoms with Gasteiger partial charge in [-0.1, -0.05) is 6.92 Å². The van der Waals surface area contributed by atoms with Crippen molar-refractivity contribution < 1.29 is 9.13 Å². The standard InChI is InChI=1S/C12H19FN2O/c1-2-15-7-3-4-8-16-12-6-5-10(14)9-11(12)13/h5-6,9,15H,2-4,7-8,14H2,1H3. The van der Waals surface area contributed by atoms with E-state index in [-0.39, 0.29) is 5.75 Å². The molecule has 0 heterocycles. The minimum Gasteiger partial charge on any atom is -0.491 e. The van der Waals surface area contributed by atoms with Gasteiger partial charge >= 0.3 is 0 Å². The monoisotopic (exact) mass is 226 g/mol.